The van der Waals surface area contributed by atoms with Crippen molar-refractivity contribution < 1.29 is 9.21 Å². The first-order valence-electron chi connectivity index (χ1n) is 9.02. The molecule has 3 aromatic rings. The van der Waals surface area contributed by atoms with Gasteiger partial charge < -0.3 is 9.73 Å². The summed E-state index contributed by atoms with van der Waals surface area (Å²) < 4.78 is 7.86. The quantitative estimate of drug-likeness (QED) is 0.780. The van der Waals surface area contributed by atoms with Crippen LogP contribution in [0.5, 0.6) is 0 Å². The Bertz CT molecular complexity index is 882. The highest BCUT2D eigenvalue weighted by Gasteiger charge is 2.28. The fourth-order valence-electron chi connectivity index (χ4n) is 3.57. The minimum Gasteiger partial charge on any atom is -0.439 e. The van der Waals surface area contributed by atoms with E-state index in [1.807, 2.05) is 35.1 Å². The molecule has 7 nitrogen and oxygen atoms in total. The van der Waals surface area contributed by atoms with Crippen LogP contribution < -0.4 is 5.32 Å². The Hall–Kier alpha value is -2.67. The molecule has 1 aliphatic rings. The first-order valence-corrected chi connectivity index (χ1v) is 9.02. The Balaban J connectivity index is 1.50. The normalized spacial score (nSPS) is 19.5. The molecule has 2 aromatic heterocycles. The molecular weight excluding hydrogens is 330 g/mol. The van der Waals surface area contributed by atoms with Gasteiger partial charge in [-0.25, -0.2) is 4.98 Å². The van der Waals surface area contributed by atoms with Crippen molar-refractivity contribution in [1.29, 1.82) is 0 Å². The Kier molecular flexibility index (Phi) is 4.46. The summed E-state index contributed by atoms with van der Waals surface area (Å²) in [5.74, 6) is 0.592. The molecule has 0 spiro atoms. The molecule has 0 saturated carbocycles. The minimum absolute atomic E-state index is 0.0965. The van der Waals surface area contributed by atoms with Gasteiger partial charge in [0, 0.05) is 19.8 Å². The molecule has 2 atom stereocenters. The lowest BCUT2D eigenvalue weighted by Crippen LogP contribution is -2.38. The molecule has 1 amide bonds. The largest absolute Gasteiger partial charge is 0.439 e. The zero-order valence-electron chi connectivity index (χ0n) is 15.1. The molecule has 1 aromatic carbocycles. The summed E-state index contributed by atoms with van der Waals surface area (Å²) in [5, 5.41) is 7.06. The molecule has 1 aliphatic heterocycles. The highest BCUT2D eigenvalue weighted by Crippen LogP contribution is 2.30. The molecule has 0 bridgehead atoms. The van der Waals surface area contributed by atoms with Gasteiger partial charge in [0.15, 0.2) is 5.58 Å². The van der Waals surface area contributed by atoms with Gasteiger partial charge in [0.05, 0.1) is 12.1 Å². The lowest BCUT2D eigenvalue weighted by Gasteiger charge is -2.35. The number of aromatic nitrogens is 3. The first kappa shape index (κ1) is 16.8. The summed E-state index contributed by atoms with van der Waals surface area (Å²) in [6.45, 7) is 3.99. The molecule has 1 N–H and O–H groups in total. The van der Waals surface area contributed by atoms with Gasteiger partial charge in [0.25, 0.3) is 5.91 Å². The van der Waals surface area contributed by atoms with Crippen LogP contribution in [0.4, 0.5) is 0 Å². The predicted molar refractivity (Wildman–Crippen MR) is 97.9 cm³/mol. The van der Waals surface area contributed by atoms with E-state index in [1.165, 1.54) is 0 Å². The van der Waals surface area contributed by atoms with E-state index in [9.17, 15) is 4.79 Å². The third-order valence-corrected chi connectivity index (χ3v) is 5.09. The SMILES string of the molecule is CNC(=O)c1ccn([C@@H]2CCCN([C@H](C)c3nc4ccccc4o3)C2)n1. The van der Waals surface area contributed by atoms with Crippen LogP contribution in [0.3, 0.4) is 0 Å². The summed E-state index contributed by atoms with van der Waals surface area (Å²) in [7, 11) is 1.62. The number of hydrogen-bond acceptors (Lipinski definition) is 5. The van der Waals surface area contributed by atoms with E-state index < -0.39 is 0 Å². The molecule has 7 heteroatoms. The minimum atomic E-state index is -0.156. The van der Waals surface area contributed by atoms with Crippen LogP contribution in [-0.2, 0) is 0 Å². The van der Waals surface area contributed by atoms with E-state index >= 15 is 0 Å². The van der Waals surface area contributed by atoms with Crippen LogP contribution in [0.2, 0.25) is 0 Å². The van der Waals surface area contributed by atoms with Crippen molar-refractivity contribution in [1.82, 2.24) is 25.0 Å². The predicted octanol–water partition coefficient (Wildman–Crippen LogP) is 2.78. The number of likely N-dealkylation sites (tertiary alicyclic amines) is 1. The van der Waals surface area contributed by atoms with Gasteiger partial charge in [-0.15, -0.1) is 0 Å². The van der Waals surface area contributed by atoms with Crippen LogP contribution in [0.25, 0.3) is 11.1 Å². The van der Waals surface area contributed by atoms with Crippen molar-refractivity contribution in [2.24, 2.45) is 0 Å². The summed E-state index contributed by atoms with van der Waals surface area (Å²) in [4.78, 5) is 18.7. The van der Waals surface area contributed by atoms with Gasteiger partial charge in [-0.3, -0.25) is 14.4 Å². The van der Waals surface area contributed by atoms with E-state index in [2.05, 4.69) is 27.2 Å². The summed E-state index contributed by atoms with van der Waals surface area (Å²) >= 11 is 0. The fraction of sp³-hybridized carbons (Fsp3) is 0.421. The lowest BCUT2D eigenvalue weighted by atomic mass is 10.0. The number of fused-ring (bicyclic) bond motifs is 1. The molecule has 4 rings (SSSR count). The van der Waals surface area contributed by atoms with Crippen LogP contribution in [0.15, 0.2) is 40.9 Å². The Labute approximate surface area is 152 Å². The molecule has 0 aliphatic carbocycles. The number of hydrogen-bond donors (Lipinski definition) is 1. The highest BCUT2D eigenvalue weighted by molar-refractivity contribution is 5.91. The number of para-hydroxylation sites is 2. The molecular formula is C19H23N5O2. The van der Waals surface area contributed by atoms with E-state index in [1.54, 1.807) is 13.1 Å². The molecule has 26 heavy (non-hydrogen) atoms. The van der Waals surface area contributed by atoms with E-state index in [0.717, 1.165) is 42.9 Å². The second-order valence-corrected chi connectivity index (χ2v) is 6.75. The average molecular weight is 353 g/mol. The number of oxazole rings is 1. The monoisotopic (exact) mass is 353 g/mol. The Morgan fingerprint density at radius 3 is 3.00 bits per heavy atom. The van der Waals surface area contributed by atoms with Gasteiger partial charge in [-0.2, -0.15) is 5.10 Å². The van der Waals surface area contributed by atoms with E-state index in [0.29, 0.717) is 5.69 Å². The molecule has 136 valence electrons. The zero-order valence-corrected chi connectivity index (χ0v) is 15.1. The summed E-state index contributed by atoms with van der Waals surface area (Å²) in [5.41, 5.74) is 2.17. The number of carbonyl (C=O) groups is 1. The van der Waals surface area contributed by atoms with Crippen molar-refractivity contribution in [3.8, 4) is 0 Å². The molecule has 1 saturated heterocycles. The molecule has 1 fully saturated rings. The number of benzene rings is 1. The third kappa shape index (κ3) is 3.10. The lowest BCUT2D eigenvalue weighted by molar-refractivity contribution is 0.0952. The highest BCUT2D eigenvalue weighted by atomic mass is 16.3. The number of rotatable bonds is 4. The van der Waals surface area contributed by atoms with Crippen LogP contribution in [0.1, 0.15) is 48.2 Å². The smallest absolute Gasteiger partial charge is 0.271 e. The van der Waals surface area contributed by atoms with E-state index in [-0.39, 0.29) is 18.0 Å². The number of piperidine rings is 1. The van der Waals surface area contributed by atoms with Gasteiger partial charge in [0.2, 0.25) is 5.89 Å². The van der Waals surface area contributed by atoms with Crippen molar-refractivity contribution in [2.45, 2.75) is 31.8 Å². The van der Waals surface area contributed by atoms with Crippen molar-refractivity contribution in [2.75, 3.05) is 20.1 Å². The summed E-state index contributed by atoms with van der Waals surface area (Å²) in [6, 6.07) is 9.95. The number of amides is 1. The topological polar surface area (TPSA) is 76.2 Å². The average Bonchev–Trinajstić information content (AvgIpc) is 3.34. The van der Waals surface area contributed by atoms with Crippen molar-refractivity contribution in [3.63, 3.8) is 0 Å². The van der Waals surface area contributed by atoms with Crippen LogP contribution in [-0.4, -0.2) is 45.7 Å². The maximum absolute atomic E-state index is 11.7. The number of nitrogens with zero attached hydrogens (tertiary/aromatic N) is 4. The second kappa shape index (κ2) is 6.92. The fourth-order valence-corrected chi connectivity index (χ4v) is 3.57. The maximum atomic E-state index is 11.7. The van der Waals surface area contributed by atoms with Gasteiger partial charge in [-0.1, -0.05) is 12.1 Å². The van der Waals surface area contributed by atoms with Crippen LogP contribution in [0, 0.1) is 0 Å². The second-order valence-electron chi connectivity index (χ2n) is 6.75. The van der Waals surface area contributed by atoms with Gasteiger partial charge in [-0.05, 0) is 44.5 Å². The van der Waals surface area contributed by atoms with Crippen molar-refractivity contribution in [3.05, 3.63) is 48.1 Å². The number of nitrogens with one attached hydrogen (secondary N) is 1. The van der Waals surface area contributed by atoms with Crippen LogP contribution >= 0.6 is 0 Å². The molecule has 0 radical (unpaired) electrons. The first-order chi connectivity index (χ1) is 12.7. The zero-order chi connectivity index (χ0) is 18.1. The maximum Gasteiger partial charge on any atom is 0.271 e. The van der Waals surface area contributed by atoms with Crippen molar-refractivity contribution >= 4 is 17.0 Å². The number of carbonyl (C=O) groups excluding carboxylic acids is 1. The standard InChI is InChI=1S/C19H23N5O2/c1-13(19-21-15-7-3-4-8-17(15)26-19)23-10-5-6-14(12-23)24-11-9-16(22-24)18(25)20-2/h3-4,7-9,11,13-14H,5-6,10,12H2,1-2H3,(H,20,25)/t13-,14-/m1/s1. The van der Waals surface area contributed by atoms with Gasteiger partial charge in [0.1, 0.15) is 11.2 Å². The summed E-state index contributed by atoms with van der Waals surface area (Å²) in [6.07, 6.45) is 4.01. The Morgan fingerprint density at radius 1 is 1.35 bits per heavy atom. The molecule has 3 heterocycles. The van der Waals surface area contributed by atoms with Gasteiger partial charge >= 0.3 is 0 Å². The Morgan fingerprint density at radius 2 is 2.19 bits per heavy atom. The third-order valence-electron chi connectivity index (χ3n) is 5.09. The molecule has 0 unspecified atom stereocenters. The van der Waals surface area contributed by atoms with E-state index in [4.69, 9.17) is 4.42 Å².